The summed E-state index contributed by atoms with van der Waals surface area (Å²) in [5, 5.41) is 0. The van der Waals surface area contributed by atoms with Crippen molar-refractivity contribution in [2.24, 2.45) is 5.92 Å². The lowest BCUT2D eigenvalue weighted by Crippen LogP contribution is -2.42. The molecule has 0 aliphatic carbocycles. The molecular formula is C18H39O3Si. The van der Waals surface area contributed by atoms with Crippen molar-refractivity contribution in [3.63, 3.8) is 0 Å². The van der Waals surface area contributed by atoms with Gasteiger partial charge in [0.05, 0.1) is 0 Å². The van der Waals surface area contributed by atoms with Gasteiger partial charge in [0, 0.05) is 27.4 Å². The zero-order valence-electron chi connectivity index (χ0n) is 15.9. The monoisotopic (exact) mass is 331 g/mol. The van der Waals surface area contributed by atoms with Gasteiger partial charge in [-0.25, -0.2) is 0 Å². The summed E-state index contributed by atoms with van der Waals surface area (Å²) in [6.07, 6.45) is 11.9. The van der Waals surface area contributed by atoms with Gasteiger partial charge >= 0.3 is 8.80 Å². The molecule has 0 saturated heterocycles. The molecule has 3 nitrogen and oxygen atoms in total. The van der Waals surface area contributed by atoms with Gasteiger partial charge in [-0.2, -0.15) is 0 Å². The van der Waals surface area contributed by atoms with Gasteiger partial charge in [0.25, 0.3) is 0 Å². The minimum absolute atomic E-state index is 0.809. The van der Waals surface area contributed by atoms with Crippen LogP contribution in [-0.4, -0.2) is 30.1 Å². The quantitative estimate of drug-likeness (QED) is 0.288. The molecule has 0 fully saturated rings. The third-order valence-corrected chi connectivity index (χ3v) is 7.27. The molecule has 0 heterocycles. The average Bonchev–Trinajstić information content (AvgIpc) is 2.51. The largest absolute Gasteiger partial charge is 0.500 e. The number of rotatable bonds is 15. The maximum absolute atomic E-state index is 5.51. The first-order valence-electron chi connectivity index (χ1n) is 8.98. The smallest absolute Gasteiger partial charge is 0.377 e. The van der Waals surface area contributed by atoms with E-state index in [0.717, 1.165) is 18.4 Å². The molecule has 0 spiro atoms. The Morgan fingerprint density at radius 3 is 1.86 bits per heavy atom. The molecule has 133 valence electrons. The highest BCUT2D eigenvalue weighted by molar-refractivity contribution is 6.60. The molecule has 22 heavy (non-hydrogen) atoms. The van der Waals surface area contributed by atoms with Crippen LogP contribution in [0.3, 0.4) is 0 Å². The van der Waals surface area contributed by atoms with Crippen molar-refractivity contribution in [3.8, 4) is 0 Å². The van der Waals surface area contributed by atoms with E-state index in [1.165, 1.54) is 51.4 Å². The van der Waals surface area contributed by atoms with Gasteiger partial charge < -0.3 is 13.3 Å². The Balaban J connectivity index is 4.12. The molecule has 1 atom stereocenters. The second-order valence-corrected chi connectivity index (χ2v) is 9.76. The minimum atomic E-state index is -2.38. The van der Waals surface area contributed by atoms with Gasteiger partial charge in [0.2, 0.25) is 0 Å². The van der Waals surface area contributed by atoms with Crippen molar-refractivity contribution in [3.05, 3.63) is 5.92 Å². The van der Waals surface area contributed by atoms with E-state index in [-0.39, 0.29) is 0 Å². The SMILES string of the molecule is CCCCCCCC(CCC[Si](OC)(OC)OC)C[C](C)C. The van der Waals surface area contributed by atoms with Gasteiger partial charge in [-0.3, -0.25) is 0 Å². The standard InChI is InChI=1S/C18H39O3Si/c1-7-8-9-10-11-13-18(16-17(2)3)14-12-15-22(19-4,20-5)21-6/h18H,7-16H2,1-6H3. The number of hydrogen-bond donors (Lipinski definition) is 0. The number of hydrogen-bond acceptors (Lipinski definition) is 3. The summed E-state index contributed by atoms with van der Waals surface area (Å²) in [6, 6.07) is 0.922. The van der Waals surface area contributed by atoms with Crippen LogP contribution in [0.1, 0.15) is 78.6 Å². The Labute approximate surface area is 140 Å². The molecule has 1 unspecified atom stereocenters. The molecule has 0 aliphatic heterocycles. The maximum Gasteiger partial charge on any atom is 0.500 e. The van der Waals surface area contributed by atoms with E-state index in [4.69, 9.17) is 13.3 Å². The van der Waals surface area contributed by atoms with Crippen LogP contribution < -0.4 is 0 Å². The van der Waals surface area contributed by atoms with E-state index >= 15 is 0 Å². The highest BCUT2D eigenvalue weighted by Gasteiger charge is 2.37. The van der Waals surface area contributed by atoms with Crippen LogP contribution in [-0.2, 0) is 13.3 Å². The molecule has 0 amide bonds. The highest BCUT2D eigenvalue weighted by atomic mass is 28.4. The molecular weight excluding hydrogens is 292 g/mol. The van der Waals surface area contributed by atoms with Gasteiger partial charge in [-0.05, 0) is 24.7 Å². The fourth-order valence-corrected chi connectivity index (χ4v) is 4.88. The Hall–Kier alpha value is 0.0969. The number of unbranched alkanes of at least 4 members (excludes halogenated alkanes) is 4. The van der Waals surface area contributed by atoms with Crippen LogP contribution >= 0.6 is 0 Å². The predicted molar refractivity (Wildman–Crippen MR) is 96.9 cm³/mol. The molecule has 0 saturated carbocycles. The lowest BCUT2D eigenvalue weighted by molar-refractivity contribution is 0.122. The second kappa shape index (κ2) is 13.5. The summed E-state index contributed by atoms with van der Waals surface area (Å²) in [7, 11) is 2.73. The van der Waals surface area contributed by atoms with Crippen molar-refractivity contribution in [1.29, 1.82) is 0 Å². The van der Waals surface area contributed by atoms with E-state index in [1.807, 2.05) is 0 Å². The predicted octanol–water partition coefficient (Wildman–Crippen LogP) is 5.63. The topological polar surface area (TPSA) is 27.7 Å². The third-order valence-electron chi connectivity index (χ3n) is 4.44. The molecule has 0 bridgehead atoms. The van der Waals surface area contributed by atoms with E-state index in [1.54, 1.807) is 27.2 Å². The fourth-order valence-electron chi connectivity index (χ4n) is 3.13. The van der Waals surface area contributed by atoms with Gasteiger partial charge in [0.1, 0.15) is 0 Å². The van der Waals surface area contributed by atoms with Gasteiger partial charge in [-0.1, -0.05) is 65.7 Å². The van der Waals surface area contributed by atoms with Crippen LogP contribution in [0, 0.1) is 11.8 Å². The van der Waals surface area contributed by atoms with Crippen molar-refractivity contribution in [2.75, 3.05) is 21.3 Å². The van der Waals surface area contributed by atoms with Gasteiger partial charge in [-0.15, -0.1) is 0 Å². The van der Waals surface area contributed by atoms with Crippen molar-refractivity contribution in [1.82, 2.24) is 0 Å². The molecule has 0 aromatic rings. The first kappa shape index (κ1) is 22.1. The molecule has 4 heteroatoms. The second-order valence-electron chi connectivity index (χ2n) is 6.67. The summed E-state index contributed by atoms with van der Waals surface area (Å²) in [6.45, 7) is 6.78. The Morgan fingerprint density at radius 1 is 0.818 bits per heavy atom. The molecule has 0 rings (SSSR count). The van der Waals surface area contributed by atoms with Crippen LogP contribution in [0.5, 0.6) is 0 Å². The Bertz CT molecular complexity index is 234. The van der Waals surface area contributed by atoms with Crippen molar-refractivity contribution >= 4 is 8.80 Å². The van der Waals surface area contributed by atoms with Crippen LogP contribution in [0.2, 0.25) is 6.04 Å². The molecule has 0 aromatic carbocycles. The first-order chi connectivity index (χ1) is 10.5. The van der Waals surface area contributed by atoms with Crippen LogP contribution in [0.15, 0.2) is 0 Å². The fraction of sp³-hybridized carbons (Fsp3) is 0.944. The first-order valence-corrected chi connectivity index (χ1v) is 10.9. The lowest BCUT2D eigenvalue weighted by atomic mass is 9.88. The summed E-state index contributed by atoms with van der Waals surface area (Å²) >= 11 is 0. The van der Waals surface area contributed by atoms with Crippen molar-refractivity contribution in [2.45, 2.75) is 84.6 Å². The molecule has 1 radical (unpaired) electrons. The summed E-state index contributed by atoms with van der Waals surface area (Å²) in [4.78, 5) is 0. The minimum Gasteiger partial charge on any atom is -0.377 e. The van der Waals surface area contributed by atoms with E-state index in [2.05, 4.69) is 20.8 Å². The molecule has 0 N–H and O–H groups in total. The van der Waals surface area contributed by atoms with Crippen LogP contribution in [0.25, 0.3) is 0 Å². The van der Waals surface area contributed by atoms with E-state index in [0.29, 0.717) is 0 Å². The third kappa shape index (κ3) is 9.98. The zero-order valence-corrected chi connectivity index (χ0v) is 16.9. The zero-order chi connectivity index (χ0) is 16.8. The molecule has 0 aliphatic rings. The van der Waals surface area contributed by atoms with Gasteiger partial charge in [0.15, 0.2) is 0 Å². The molecule has 0 aromatic heterocycles. The summed E-state index contributed by atoms with van der Waals surface area (Å²) < 4.78 is 16.5. The average molecular weight is 332 g/mol. The highest BCUT2D eigenvalue weighted by Crippen LogP contribution is 2.27. The van der Waals surface area contributed by atoms with E-state index in [9.17, 15) is 0 Å². The Kier molecular flexibility index (Phi) is 13.6. The normalized spacial score (nSPS) is 13.8. The van der Waals surface area contributed by atoms with Crippen molar-refractivity contribution < 1.29 is 13.3 Å². The maximum atomic E-state index is 5.51. The van der Waals surface area contributed by atoms with E-state index < -0.39 is 8.80 Å². The summed E-state index contributed by atoms with van der Waals surface area (Å²) in [5.74, 6) is 2.36. The van der Waals surface area contributed by atoms with Crippen LogP contribution in [0.4, 0.5) is 0 Å². The summed E-state index contributed by atoms with van der Waals surface area (Å²) in [5.41, 5.74) is 0. The Morgan fingerprint density at radius 2 is 1.36 bits per heavy atom. The lowest BCUT2D eigenvalue weighted by Gasteiger charge is -2.25.